The Hall–Kier alpha value is -5.77. The van der Waals surface area contributed by atoms with Crippen LogP contribution in [0.5, 0.6) is 0 Å². The quantitative estimate of drug-likeness (QED) is 0.185. The first-order valence-electron chi connectivity index (χ1n) is 15.9. The van der Waals surface area contributed by atoms with E-state index in [1.807, 2.05) is 0 Å². The second kappa shape index (κ2) is 10.4. The fourth-order valence-electron chi connectivity index (χ4n) is 7.31. The van der Waals surface area contributed by atoms with E-state index >= 15 is 0 Å². The van der Waals surface area contributed by atoms with E-state index in [2.05, 4.69) is 158 Å². The first-order valence-corrected chi connectivity index (χ1v) is 16.7. The summed E-state index contributed by atoms with van der Waals surface area (Å²) in [5.74, 6) is 0.749. The molecule has 0 unspecified atom stereocenters. The minimum absolute atomic E-state index is 0.749. The molecule has 0 N–H and O–H groups in total. The lowest BCUT2D eigenvalue weighted by atomic mass is 9.85. The summed E-state index contributed by atoms with van der Waals surface area (Å²) in [5.41, 5.74) is 9.11. The summed E-state index contributed by atoms with van der Waals surface area (Å²) in [6, 6.07) is 56.8. The monoisotopic (exact) mass is 614 g/mol. The third-order valence-corrected chi connectivity index (χ3v) is 10.6. The molecular formula is C44H26N2S. The average molecular weight is 615 g/mol. The van der Waals surface area contributed by atoms with E-state index in [-0.39, 0.29) is 0 Å². The van der Waals surface area contributed by atoms with Gasteiger partial charge in [-0.15, -0.1) is 0 Å². The van der Waals surface area contributed by atoms with Crippen molar-refractivity contribution in [2.45, 2.75) is 9.79 Å². The van der Waals surface area contributed by atoms with Crippen LogP contribution in [-0.4, -0.2) is 9.97 Å². The summed E-state index contributed by atoms with van der Waals surface area (Å²) in [5, 5.41) is 8.65. The third kappa shape index (κ3) is 4.14. The van der Waals surface area contributed by atoms with Crippen LogP contribution in [0.25, 0.3) is 88.1 Å². The number of hydrogen-bond donors (Lipinski definition) is 0. The Labute approximate surface area is 276 Å². The van der Waals surface area contributed by atoms with Gasteiger partial charge in [0.2, 0.25) is 0 Å². The van der Waals surface area contributed by atoms with E-state index < -0.39 is 0 Å². The molecule has 0 atom stereocenters. The molecule has 0 fully saturated rings. The summed E-state index contributed by atoms with van der Waals surface area (Å²) < 4.78 is 0. The first-order chi connectivity index (χ1) is 23.3. The molecule has 0 radical (unpaired) electrons. The molecule has 0 saturated heterocycles. The van der Waals surface area contributed by atoms with E-state index in [0.717, 1.165) is 28.0 Å². The van der Waals surface area contributed by atoms with Gasteiger partial charge in [-0.1, -0.05) is 145 Å². The minimum atomic E-state index is 0.749. The zero-order chi connectivity index (χ0) is 30.9. The standard InChI is InChI=1S/C44H26N2S/c1-2-11-30-26-31(25-20-27(30)10-1)41-34-14-5-3-12-32(34)40(33-13-4-6-15-35(33)41)28-21-23-29(24-22-28)44-45-37-17-9-19-39-42(37)43(46-44)36-16-7-8-18-38(36)47-39/h1-26H. The van der Waals surface area contributed by atoms with Gasteiger partial charge in [0.1, 0.15) is 0 Å². The van der Waals surface area contributed by atoms with Crippen molar-refractivity contribution in [3.63, 3.8) is 0 Å². The Morgan fingerprint density at radius 1 is 0.404 bits per heavy atom. The zero-order valence-corrected chi connectivity index (χ0v) is 26.1. The average Bonchev–Trinajstić information content (AvgIpc) is 3.14. The second-order valence-corrected chi connectivity index (χ2v) is 13.2. The molecular weight excluding hydrogens is 589 g/mol. The molecule has 10 rings (SSSR count). The molecule has 3 heteroatoms. The van der Waals surface area contributed by atoms with Crippen LogP contribution in [0, 0.1) is 0 Å². The van der Waals surface area contributed by atoms with Crippen LogP contribution in [0.15, 0.2) is 168 Å². The van der Waals surface area contributed by atoms with Gasteiger partial charge in [0, 0.05) is 26.3 Å². The van der Waals surface area contributed by atoms with Crippen LogP contribution in [0.1, 0.15) is 0 Å². The van der Waals surface area contributed by atoms with Gasteiger partial charge < -0.3 is 0 Å². The molecule has 9 aromatic rings. The Morgan fingerprint density at radius 2 is 0.979 bits per heavy atom. The molecule has 0 spiro atoms. The Bertz CT molecular complexity index is 2650. The second-order valence-electron chi connectivity index (χ2n) is 12.1. The highest BCUT2D eigenvalue weighted by molar-refractivity contribution is 7.99. The molecule has 2 nitrogen and oxygen atoms in total. The van der Waals surface area contributed by atoms with E-state index in [4.69, 9.17) is 9.97 Å². The molecule has 0 saturated carbocycles. The summed E-state index contributed by atoms with van der Waals surface area (Å²) in [7, 11) is 0. The van der Waals surface area contributed by atoms with E-state index in [9.17, 15) is 0 Å². The van der Waals surface area contributed by atoms with Gasteiger partial charge in [-0.2, -0.15) is 0 Å². The molecule has 1 aliphatic rings. The van der Waals surface area contributed by atoms with Crippen molar-refractivity contribution < 1.29 is 0 Å². The first kappa shape index (κ1) is 26.4. The predicted molar refractivity (Wildman–Crippen MR) is 198 cm³/mol. The molecule has 8 aromatic carbocycles. The lowest BCUT2D eigenvalue weighted by Gasteiger charge is -2.20. The number of rotatable bonds is 3. The van der Waals surface area contributed by atoms with Crippen molar-refractivity contribution in [1.82, 2.24) is 9.97 Å². The van der Waals surface area contributed by atoms with Gasteiger partial charge in [-0.05, 0) is 78.8 Å². The maximum absolute atomic E-state index is 5.19. The highest BCUT2D eigenvalue weighted by Crippen LogP contribution is 2.48. The highest BCUT2D eigenvalue weighted by Gasteiger charge is 2.22. The van der Waals surface area contributed by atoms with E-state index in [0.29, 0.717) is 0 Å². The molecule has 218 valence electrons. The molecule has 2 heterocycles. The maximum Gasteiger partial charge on any atom is 0.160 e. The Morgan fingerprint density at radius 3 is 1.72 bits per heavy atom. The Balaban J connectivity index is 1.15. The van der Waals surface area contributed by atoms with Gasteiger partial charge in [0.15, 0.2) is 5.82 Å². The molecule has 1 aliphatic heterocycles. The summed E-state index contributed by atoms with van der Waals surface area (Å²) in [6.45, 7) is 0. The lowest BCUT2D eigenvalue weighted by molar-refractivity contribution is 1.20. The largest absolute Gasteiger partial charge is 0.228 e. The predicted octanol–water partition coefficient (Wildman–Crippen LogP) is 12.2. The van der Waals surface area contributed by atoms with Crippen molar-refractivity contribution >= 4 is 55.0 Å². The van der Waals surface area contributed by atoms with Crippen LogP contribution in [0.4, 0.5) is 0 Å². The normalized spacial score (nSPS) is 12.2. The van der Waals surface area contributed by atoms with Crippen LogP contribution in [0.3, 0.4) is 0 Å². The molecule has 0 bridgehead atoms. The lowest BCUT2D eigenvalue weighted by Crippen LogP contribution is -2.00. The minimum Gasteiger partial charge on any atom is -0.228 e. The number of aromatic nitrogens is 2. The highest BCUT2D eigenvalue weighted by atomic mass is 32.2. The van der Waals surface area contributed by atoms with E-state index in [1.165, 1.54) is 69.9 Å². The van der Waals surface area contributed by atoms with Gasteiger partial charge >= 0.3 is 0 Å². The molecule has 1 aromatic heterocycles. The van der Waals surface area contributed by atoms with Crippen LogP contribution in [-0.2, 0) is 0 Å². The number of hydrogen-bond acceptors (Lipinski definition) is 3. The topological polar surface area (TPSA) is 25.8 Å². The van der Waals surface area contributed by atoms with Crippen molar-refractivity contribution in [2.24, 2.45) is 0 Å². The number of nitrogens with zero attached hydrogens (tertiary/aromatic N) is 2. The van der Waals surface area contributed by atoms with Gasteiger partial charge in [0.25, 0.3) is 0 Å². The maximum atomic E-state index is 5.19. The van der Waals surface area contributed by atoms with Crippen LogP contribution >= 0.6 is 11.8 Å². The summed E-state index contributed by atoms with van der Waals surface area (Å²) in [6.07, 6.45) is 0. The molecule has 47 heavy (non-hydrogen) atoms. The summed E-state index contributed by atoms with van der Waals surface area (Å²) in [4.78, 5) is 12.7. The van der Waals surface area contributed by atoms with Crippen LogP contribution in [0.2, 0.25) is 0 Å². The Kier molecular flexibility index (Phi) is 5.84. The van der Waals surface area contributed by atoms with Crippen molar-refractivity contribution in [3.8, 4) is 44.9 Å². The van der Waals surface area contributed by atoms with Crippen LogP contribution < -0.4 is 0 Å². The fourth-order valence-corrected chi connectivity index (χ4v) is 8.42. The van der Waals surface area contributed by atoms with E-state index in [1.54, 1.807) is 11.8 Å². The third-order valence-electron chi connectivity index (χ3n) is 9.45. The number of fused-ring (bicyclic) bond motifs is 5. The van der Waals surface area contributed by atoms with Gasteiger partial charge in [-0.25, -0.2) is 9.97 Å². The SMILES string of the molecule is c1ccc2c(c1)Sc1cccc3nc(-c4ccc(-c5c6ccccc6c(-c6ccc7ccccc7c6)c6ccccc56)cc4)nc-2c13. The fraction of sp³-hybridized carbons (Fsp3) is 0. The van der Waals surface area contributed by atoms with Gasteiger partial charge in [-0.3, -0.25) is 0 Å². The van der Waals surface area contributed by atoms with Gasteiger partial charge in [0.05, 0.1) is 11.2 Å². The van der Waals surface area contributed by atoms with Crippen molar-refractivity contribution in [3.05, 3.63) is 158 Å². The zero-order valence-electron chi connectivity index (χ0n) is 25.3. The molecule has 0 amide bonds. The number of benzene rings is 8. The summed E-state index contributed by atoms with van der Waals surface area (Å²) >= 11 is 1.80. The molecule has 0 aliphatic carbocycles. The van der Waals surface area contributed by atoms with Crippen molar-refractivity contribution in [1.29, 1.82) is 0 Å². The van der Waals surface area contributed by atoms with Crippen molar-refractivity contribution in [2.75, 3.05) is 0 Å². The smallest absolute Gasteiger partial charge is 0.160 e.